The van der Waals surface area contributed by atoms with E-state index in [1.807, 2.05) is 25.1 Å². The van der Waals surface area contributed by atoms with Crippen molar-refractivity contribution in [2.24, 2.45) is 0 Å². The third-order valence-electron chi connectivity index (χ3n) is 3.92. The lowest BCUT2D eigenvalue weighted by Gasteiger charge is -2.02. The van der Waals surface area contributed by atoms with Crippen LogP contribution in [0, 0.1) is 6.92 Å². The monoisotopic (exact) mass is 347 g/mol. The van der Waals surface area contributed by atoms with Gasteiger partial charge in [0.1, 0.15) is 5.76 Å². The van der Waals surface area contributed by atoms with Crippen LogP contribution in [0.4, 0.5) is 0 Å². The van der Waals surface area contributed by atoms with Crippen LogP contribution in [0.15, 0.2) is 22.6 Å². The Morgan fingerprint density at radius 1 is 1.24 bits per heavy atom. The number of hydrogen-bond donors (Lipinski definition) is 1. The van der Waals surface area contributed by atoms with E-state index >= 15 is 0 Å². The van der Waals surface area contributed by atoms with Crippen molar-refractivity contribution in [3.63, 3.8) is 0 Å². The fourth-order valence-corrected chi connectivity index (χ4v) is 2.56. The van der Waals surface area contributed by atoms with Gasteiger partial charge in [-0.3, -0.25) is 4.79 Å². The lowest BCUT2D eigenvalue weighted by Crippen LogP contribution is -2.02. The Kier molecular flexibility index (Phi) is 5.55. The molecule has 7 nitrogen and oxygen atoms in total. The Balaban J connectivity index is 1.50. The van der Waals surface area contributed by atoms with Crippen LogP contribution in [0.3, 0.4) is 0 Å². The molecule has 25 heavy (non-hydrogen) atoms. The number of aliphatic carboxylic acids is 1. The first-order chi connectivity index (χ1) is 12.1. The largest absolute Gasteiger partial charge is 0.481 e. The fourth-order valence-electron chi connectivity index (χ4n) is 2.56. The van der Waals surface area contributed by atoms with Crippen molar-refractivity contribution in [2.75, 3.05) is 20.0 Å². The maximum absolute atomic E-state index is 10.4. The van der Waals surface area contributed by atoms with E-state index in [1.165, 1.54) is 0 Å². The van der Waals surface area contributed by atoms with Crippen molar-refractivity contribution >= 4 is 5.97 Å². The second kappa shape index (κ2) is 8.02. The molecule has 0 aliphatic carbocycles. The van der Waals surface area contributed by atoms with E-state index in [1.54, 1.807) is 0 Å². The number of aryl methyl sites for hydroxylation is 1. The van der Waals surface area contributed by atoms with Gasteiger partial charge >= 0.3 is 5.97 Å². The van der Waals surface area contributed by atoms with E-state index in [-0.39, 0.29) is 13.2 Å². The Hall–Kier alpha value is -2.54. The maximum Gasteiger partial charge on any atom is 0.303 e. The van der Waals surface area contributed by atoms with Gasteiger partial charge < -0.3 is 23.7 Å². The number of unbranched alkanes of at least 4 members (excludes halogenated alkanes) is 1. The van der Waals surface area contributed by atoms with E-state index < -0.39 is 5.97 Å². The highest BCUT2D eigenvalue weighted by Gasteiger charge is 2.17. The average molecular weight is 347 g/mol. The van der Waals surface area contributed by atoms with Crippen LogP contribution in [0.5, 0.6) is 11.5 Å². The van der Waals surface area contributed by atoms with Crippen molar-refractivity contribution in [1.82, 2.24) is 4.98 Å². The highest BCUT2D eigenvalue weighted by Crippen LogP contribution is 2.36. The molecule has 1 aromatic carbocycles. The molecule has 0 atom stereocenters. The lowest BCUT2D eigenvalue weighted by atomic mass is 10.2. The van der Waals surface area contributed by atoms with Gasteiger partial charge in [-0.1, -0.05) is 0 Å². The summed E-state index contributed by atoms with van der Waals surface area (Å²) < 4.78 is 22.0. The van der Waals surface area contributed by atoms with E-state index in [0.29, 0.717) is 37.7 Å². The second-order valence-electron chi connectivity index (χ2n) is 5.80. The van der Waals surface area contributed by atoms with E-state index in [9.17, 15) is 4.79 Å². The summed E-state index contributed by atoms with van der Waals surface area (Å²) in [5, 5.41) is 8.57. The van der Waals surface area contributed by atoms with Gasteiger partial charge in [-0.25, -0.2) is 4.98 Å². The number of carboxylic acid groups (broad SMARTS) is 1. The minimum atomic E-state index is -0.769. The SMILES string of the molecule is Cc1oc(-c2ccc3c(c2)OCO3)nc1CCOCCCCC(=O)O. The molecule has 0 saturated heterocycles. The number of fused-ring (bicyclic) bond motifs is 1. The smallest absolute Gasteiger partial charge is 0.303 e. The van der Waals surface area contributed by atoms with Gasteiger partial charge in [0.05, 0.1) is 12.3 Å². The van der Waals surface area contributed by atoms with Crippen molar-refractivity contribution in [3.05, 3.63) is 29.7 Å². The number of ether oxygens (including phenoxy) is 3. The van der Waals surface area contributed by atoms with Gasteiger partial charge in [0.25, 0.3) is 0 Å². The molecule has 0 saturated carbocycles. The summed E-state index contributed by atoms with van der Waals surface area (Å²) in [7, 11) is 0. The van der Waals surface area contributed by atoms with Crippen LogP contribution in [0.25, 0.3) is 11.5 Å². The van der Waals surface area contributed by atoms with Gasteiger partial charge in [0, 0.05) is 25.0 Å². The van der Waals surface area contributed by atoms with Crippen LogP contribution in [0.1, 0.15) is 30.7 Å². The molecule has 7 heteroatoms. The number of carbonyl (C=O) groups is 1. The molecule has 2 aromatic rings. The first kappa shape index (κ1) is 17.3. The number of benzene rings is 1. The first-order valence-electron chi connectivity index (χ1n) is 8.29. The van der Waals surface area contributed by atoms with Crippen molar-refractivity contribution in [1.29, 1.82) is 0 Å². The number of aromatic nitrogens is 1. The van der Waals surface area contributed by atoms with Gasteiger partial charge in [0.2, 0.25) is 12.7 Å². The highest BCUT2D eigenvalue weighted by atomic mass is 16.7. The number of carboxylic acids is 1. The summed E-state index contributed by atoms with van der Waals surface area (Å²) in [6, 6.07) is 5.59. The quantitative estimate of drug-likeness (QED) is 0.697. The standard InChI is InChI=1S/C18H21NO6/c1-12-14(7-9-22-8-3-2-4-17(20)21)19-18(25-12)13-5-6-15-16(10-13)24-11-23-15/h5-6,10H,2-4,7-9,11H2,1H3,(H,20,21). The first-order valence-corrected chi connectivity index (χ1v) is 8.29. The summed E-state index contributed by atoms with van der Waals surface area (Å²) in [5.74, 6) is 1.96. The Morgan fingerprint density at radius 3 is 2.92 bits per heavy atom. The van der Waals surface area contributed by atoms with E-state index in [2.05, 4.69) is 4.98 Å². The molecule has 1 aromatic heterocycles. The Bertz CT molecular complexity index is 739. The minimum absolute atomic E-state index is 0.185. The molecule has 0 unspecified atom stereocenters. The molecule has 0 radical (unpaired) electrons. The molecule has 0 amide bonds. The van der Waals surface area contributed by atoms with Crippen molar-refractivity contribution in [2.45, 2.75) is 32.6 Å². The molecular formula is C18H21NO6. The molecule has 3 rings (SSSR count). The maximum atomic E-state index is 10.4. The Labute approximate surface area is 145 Å². The van der Waals surface area contributed by atoms with Crippen LogP contribution < -0.4 is 9.47 Å². The normalized spacial score (nSPS) is 12.5. The molecule has 1 aliphatic rings. The molecule has 1 aliphatic heterocycles. The highest BCUT2D eigenvalue weighted by molar-refractivity contribution is 5.66. The fraction of sp³-hybridized carbons (Fsp3) is 0.444. The van der Waals surface area contributed by atoms with Gasteiger partial charge in [-0.05, 0) is 38.0 Å². The topological polar surface area (TPSA) is 91.0 Å². The second-order valence-corrected chi connectivity index (χ2v) is 5.80. The molecule has 1 N–H and O–H groups in total. The molecule has 2 heterocycles. The van der Waals surface area contributed by atoms with Gasteiger partial charge in [0.15, 0.2) is 11.5 Å². The number of hydrogen-bond acceptors (Lipinski definition) is 6. The zero-order valence-electron chi connectivity index (χ0n) is 14.1. The average Bonchev–Trinajstić information content (AvgIpc) is 3.19. The summed E-state index contributed by atoms with van der Waals surface area (Å²) in [5.41, 5.74) is 1.70. The molecule has 134 valence electrons. The molecule has 0 fully saturated rings. The summed E-state index contributed by atoms with van der Waals surface area (Å²) in [4.78, 5) is 15.0. The summed E-state index contributed by atoms with van der Waals surface area (Å²) in [6.07, 6.45) is 2.21. The van der Waals surface area contributed by atoms with Gasteiger partial charge in [-0.2, -0.15) is 0 Å². The van der Waals surface area contributed by atoms with Crippen LogP contribution in [-0.4, -0.2) is 36.1 Å². The van der Waals surface area contributed by atoms with E-state index in [4.69, 9.17) is 23.7 Å². The summed E-state index contributed by atoms with van der Waals surface area (Å²) in [6.45, 7) is 3.20. The zero-order chi connectivity index (χ0) is 17.6. The predicted molar refractivity (Wildman–Crippen MR) is 88.8 cm³/mol. The van der Waals surface area contributed by atoms with Crippen LogP contribution >= 0.6 is 0 Å². The van der Waals surface area contributed by atoms with Crippen molar-refractivity contribution in [3.8, 4) is 23.0 Å². The predicted octanol–water partition coefficient (Wildman–Crippen LogP) is 3.19. The number of nitrogens with zero attached hydrogens (tertiary/aromatic N) is 1. The van der Waals surface area contributed by atoms with Gasteiger partial charge in [-0.15, -0.1) is 0 Å². The Morgan fingerprint density at radius 2 is 2.08 bits per heavy atom. The summed E-state index contributed by atoms with van der Waals surface area (Å²) >= 11 is 0. The van der Waals surface area contributed by atoms with E-state index in [0.717, 1.165) is 29.2 Å². The van der Waals surface area contributed by atoms with Crippen LogP contribution in [0.2, 0.25) is 0 Å². The lowest BCUT2D eigenvalue weighted by molar-refractivity contribution is -0.137. The molecule has 0 spiro atoms. The third kappa shape index (κ3) is 4.51. The zero-order valence-corrected chi connectivity index (χ0v) is 14.1. The number of rotatable bonds is 9. The third-order valence-corrected chi connectivity index (χ3v) is 3.92. The van der Waals surface area contributed by atoms with Crippen molar-refractivity contribution < 1.29 is 28.5 Å². The molecular weight excluding hydrogens is 326 g/mol. The molecule has 0 bridgehead atoms. The minimum Gasteiger partial charge on any atom is -0.481 e. The number of oxazole rings is 1. The van der Waals surface area contributed by atoms with Crippen LogP contribution in [-0.2, 0) is 16.0 Å².